The van der Waals surface area contributed by atoms with Gasteiger partial charge in [-0.2, -0.15) is 0 Å². The lowest BCUT2D eigenvalue weighted by Crippen LogP contribution is -2.48. The molecule has 1 fully saturated rings. The van der Waals surface area contributed by atoms with Crippen molar-refractivity contribution in [1.82, 2.24) is 10.6 Å². The highest BCUT2D eigenvalue weighted by atomic mass is 16.3. The molecule has 0 spiro atoms. The number of amides is 1. The van der Waals surface area contributed by atoms with Gasteiger partial charge in [0, 0.05) is 24.9 Å². The number of rotatable bonds is 4. The molecular formula is C17H26N2O3. The van der Waals surface area contributed by atoms with Gasteiger partial charge in [-0.15, -0.1) is 0 Å². The first-order valence-electron chi connectivity index (χ1n) is 7.82. The van der Waals surface area contributed by atoms with Crippen LogP contribution < -0.4 is 10.6 Å². The Morgan fingerprint density at radius 3 is 2.59 bits per heavy atom. The molecule has 1 aromatic carbocycles. The summed E-state index contributed by atoms with van der Waals surface area (Å²) in [5, 5.41) is 26.5. The Kier molecular flexibility index (Phi) is 5.56. The Labute approximate surface area is 131 Å². The molecule has 0 bridgehead atoms. The molecule has 5 nitrogen and oxygen atoms in total. The zero-order valence-electron chi connectivity index (χ0n) is 13.2. The molecule has 2 rings (SSSR count). The van der Waals surface area contributed by atoms with Crippen LogP contribution in [0.15, 0.2) is 30.3 Å². The van der Waals surface area contributed by atoms with Gasteiger partial charge in [-0.25, -0.2) is 0 Å². The van der Waals surface area contributed by atoms with Gasteiger partial charge in [0.2, 0.25) is 5.91 Å². The Morgan fingerprint density at radius 1 is 1.32 bits per heavy atom. The van der Waals surface area contributed by atoms with Gasteiger partial charge in [-0.1, -0.05) is 30.3 Å². The third kappa shape index (κ3) is 3.66. The molecule has 0 aromatic heterocycles. The number of carbonyl (C=O) groups is 1. The van der Waals surface area contributed by atoms with Gasteiger partial charge in [-0.05, 0) is 31.9 Å². The van der Waals surface area contributed by atoms with Gasteiger partial charge < -0.3 is 20.8 Å². The molecule has 0 saturated heterocycles. The largest absolute Gasteiger partial charge is 0.390 e. The normalized spacial score (nSPS) is 32.3. The van der Waals surface area contributed by atoms with Crippen molar-refractivity contribution in [3.8, 4) is 0 Å². The van der Waals surface area contributed by atoms with E-state index in [1.807, 2.05) is 18.2 Å². The summed E-state index contributed by atoms with van der Waals surface area (Å²) in [6, 6.07) is 9.82. The van der Waals surface area contributed by atoms with E-state index in [-0.39, 0.29) is 17.4 Å². The average molecular weight is 306 g/mol. The van der Waals surface area contributed by atoms with E-state index < -0.39 is 12.2 Å². The van der Waals surface area contributed by atoms with Crippen LogP contribution in [0.2, 0.25) is 0 Å². The summed E-state index contributed by atoms with van der Waals surface area (Å²) in [5.41, 5.74) is 0.837. The average Bonchev–Trinajstić information content (AvgIpc) is 2.65. The number of aliphatic hydroxyl groups is 2. The highest BCUT2D eigenvalue weighted by Gasteiger charge is 2.42. The van der Waals surface area contributed by atoms with Crippen LogP contribution in [0.4, 0.5) is 0 Å². The number of likely N-dealkylation sites (N-methyl/N-ethyl adjacent to an activating group) is 1. The molecular weight excluding hydrogens is 280 g/mol. The maximum Gasteiger partial charge on any atom is 0.216 e. The van der Waals surface area contributed by atoms with E-state index in [0.717, 1.165) is 5.56 Å². The maximum absolute atomic E-state index is 11.4. The van der Waals surface area contributed by atoms with Crippen molar-refractivity contribution in [3.05, 3.63) is 35.9 Å². The van der Waals surface area contributed by atoms with Crippen molar-refractivity contribution in [3.63, 3.8) is 0 Å². The fourth-order valence-corrected chi connectivity index (χ4v) is 3.39. The number of hydrogen-bond donors (Lipinski definition) is 4. The number of nitrogens with one attached hydrogen (secondary N) is 2. The third-order valence-corrected chi connectivity index (χ3v) is 4.77. The van der Waals surface area contributed by atoms with Crippen LogP contribution in [0.25, 0.3) is 0 Å². The topological polar surface area (TPSA) is 81.6 Å². The van der Waals surface area contributed by atoms with E-state index in [1.165, 1.54) is 6.92 Å². The highest BCUT2D eigenvalue weighted by molar-refractivity contribution is 5.73. The molecule has 1 aliphatic rings. The molecule has 122 valence electrons. The van der Waals surface area contributed by atoms with E-state index in [9.17, 15) is 15.0 Å². The van der Waals surface area contributed by atoms with Gasteiger partial charge >= 0.3 is 0 Å². The van der Waals surface area contributed by atoms with Crippen molar-refractivity contribution in [1.29, 1.82) is 0 Å². The van der Waals surface area contributed by atoms with Gasteiger partial charge in [0.1, 0.15) is 0 Å². The molecule has 1 aliphatic carbocycles. The van der Waals surface area contributed by atoms with Gasteiger partial charge in [0.25, 0.3) is 0 Å². The van der Waals surface area contributed by atoms with E-state index in [0.29, 0.717) is 25.8 Å². The summed E-state index contributed by atoms with van der Waals surface area (Å²) in [7, 11) is 1.79. The van der Waals surface area contributed by atoms with Crippen LogP contribution in [0.1, 0.15) is 31.7 Å². The molecule has 5 heteroatoms. The Balaban J connectivity index is 2.36. The first-order chi connectivity index (χ1) is 10.5. The van der Waals surface area contributed by atoms with E-state index in [4.69, 9.17) is 0 Å². The van der Waals surface area contributed by atoms with Crippen molar-refractivity contribution in [2.24, 2.45) is 0 Å². The molecule has 1 amide bonds. The zero-order valence-corrected chi connectivity index (χ0v) is 13.2. The second-order valence-corrected chi connectivity index (χ2v) is 6.25. The lowest BCUT2D eigenvalue weighted by molar-refractivity contribution is -0.119. The third-order valence-electron chi connectivity index (χ3n) is 4.77. The van der Waals surface area contributed by atoms with Crippen LogP contribution in [-0.4, -0.2) is 48.0 Å². The molecule has 4 N–H and O–H groups in total. The molecule has 0 aliphatic heterocycles. The van der Waals surface area contributed by atoms with Crippen molar-refractivity contribution < 1.29 is 15.0 Å². The summed E-state index contributed by atoms with van der Waals surface area (Å²) < 4.78 is 0. The molecule has 1 saturated carbocycles. The summed E-state index contributed by atoms with van der Waals surface area (Å²) in [5.74, 6) is -0.0679. The minimum absolute atomic E-state index is 0.0679. The number of benzene rings is 1. The minimum Gasteiger partial charge on any atom is -0.390 e. The van der Waals surface area contributed by atoms with E-state index in [1.54, 1.807) is 7.05 Å². The Morgan fingerprint density at radius 2 is 2.00 bits per heavy atom. The first kappa shape index (κ1) is 16.9. The van der Waals surface area contributed by atoms with Gasteiger partial charge in [0.15, 0.2) is 0 Å². The highest BCUT2D eigenvalue weighted by Crippen LogP contribution is 2.38. The van der Waals surface area contributed by atoms with Crippen LogP contribution >= 0.6 is 0 Å². The predicted molar refractivity (Wildman–Crippen MR) is 85.5 cm³/mol. The predicted octanol–water partition coefficient (Wildman–Crippen LogP) is 0.554. The molecule has 0 unspecified atom stereocenters. The van der Waals surface area contributed by atoms with E-state index >= 15 is 0 Å². The van der Waals surface area contributed by atoms with Crippen molar-refractivity contribution in [2.75, 3.05) is 13.6 Å². The quantitative estimate of drug-likeness (QED) is 0.613. The summed E-state index contributed by atoms with van der Waals surface area (Å²) in [6.45, 7) is 2.01. The molecule has 22 heavy (non-hydrogen) atoms. The Bertz CT molecular complexity index is 494. The fraction of sp³-hybridized carbons (Fsp3) is 0.588. The smallest absolute Gasteiger partial charge is 0.216 e. The summed E-state index contributed by atoms with van der Waals surface area (Å²) in [6.07, 6.45) is 0.335. The maximum atomic E-state index is 11.4. The van der Waals surface area contributed by atoms with Crippen molar-refractivity contribution >= 4 is 5.91 Å². The van der Waals surface area contributed by atoms with Crippen LogP contribution in [0.3, 0.4) is 0 Å². The first-order valence-corrected chi connectivity index (χ1v) is 7.82. The van der Waals surface area contributed by atoms with E-state index in [2.05, 4.69) is 22.8 Å². The summed E-state index contributed by atoms with van der Waals surface area (Å²) >= 11 is 0. The van der Waals surface area contributed by atoms with Gasteiger partial charge in [-0.3, -0.25) is 4.79 Å². The lowest BCUT2D eigenvalue weighted by atomic mass is 9.73. The summed E-state index contributed by atoms with van der Waals surface area (Å²) in [4.78, 5) is 11.4. The Hall–Kier alpha value is -1.43. The number of carbonyl (C=O) groups excluding carboxylic acids is 1. The fourth-order valence-electron chi connectivity index (χ4n) is 3.39. The monoisotopic (exact) mass is 306 g/mol. The van der Waals surface area contributed by atoms with Gasteiger partial charge in [0.05, 0.1) is 12.2 Å². The van der Waals surface area contributed by atoms with Crippen LogP contribution in [-0.2, 0) is 10.2 Å². The SMILES string of the molecule is CN[C@H]1C[C@](CNC(C)=O)(c2ccccc2)CC[C@H](O)[C@@H]1O. The lowest BCUT2D eigenvalue weighted by Gasteiger charge is -2.36. The second kappa shape index (κ2) is 7.22. The standard InChI is InChI=1S/C17H26N2O3/c1-12(20)19-11-17(13-6-4-3-5-7-13)9-8-15(21)16(22)14(10-17)18-2/h3-7,14-16,18,21-22H,8-11H2,1-2H3,(H,19,20)/t14-,15-,16+,17+/m0/s1. The minimum atomic E-state index is -0.798. The van der Waals surface area contributed by atoms with Crippen molar-refractivity contribution in [2.45, 2.75) is 49.9 Å². The molecule has 0 radical (unpaired) electrons. The molecule has 1 aromatic rings. The zero-order chi connectivity index (χ0) is 16.2. The molecule has 0 heterocycles. The van der Waals surface area contributed by atoms with Crippen LogP contribution in [0, 0.1) is 0 Å². The molecule has 4 atom stereocenters. The second-order valence-electron chi connectivity index (χ2n) is 6.25. The van der Waals surface area contributed by atoms with Crippen LogP contribution in [0.5, 0.6) is 0 Å². The number of aliphatic hydroxyl groups excluding tert-OH is 2. The number of hydrogen-bond acceptors (Lipinski definition) is 4.